The molecule has 1 unspecified atom stereocenters. The Kier molecular flexibility index (Phi) is 4.27. The van der Waals surface area contributed by atoms with E-state index in [1.54, 1.807) is 0 Å². The molecule has 1 rings (SSSR count). The molecule has 1 aromatic rings. The van der Waals surface area contributed by atoms with Crippen LogP contribution in [-0.4, -0.2) is 28.3 Å². The molecule has 0 aliphatic heterocycles. The van der Waals surface area contributed by atoms with Crippen molar-refractivity contribution < 1.29 is 26.7 Å². The fraction of sp³-hybridized carbons (Fsp3) is 0.667. The fourth-order valence-electron chi connectivity index (χ4n) is 1.24. The van der Waals surface area contributed by atoms with Crippen molar-refractivity contribution in [3.05, 3.63) is 17.7 Å². The summed E-state index contributed by atoms with van der Waals surface area (Å²) in [4.78, 5) is 3.19. The molecule has 0 fully saturated rings. The molecule has 1 heterocycles. The van der Waals surface area contributed by atoms with E-state index >= 15 is 0 Å². The van der Waals surface area contributed by atoms with Crippen molar-refractivity contribution in [2.45, 2.75) is 31.5 Å². The first kappa shape index (κ1) is 15.9. The SMILES string of the molecule is CC(C)S(=O)(=O)NC(O)c1cn(C)c(C(F)(F)F)n1. The molecular formula is C9H14F3N3O3S. The number of aryl methyl sites for hydroxylation is 1. The molecule has 6 nitrogen and oxygen atoms in total. The van der Waals surface area contributed by atoms with Gasteiger partial charge in [-0.15, -0.1) is 0 Å². The molecular weight excluding hydrogens is 287 g/mol. The Balaban J connectivity index is 3.00. The number of hydrogen-bond donors (Lipinski definition) is 2. The molecule has 0 radical (unpaired) electrons. The molecule has 1 aromatic heterocycles. The number of aliphatic hydroxyl groups is 1. The largest absolute Gasteiger partial charge is 0.449 e. The highest BCUT2D eigenvalue weighted by atomic mass is 32.2. The minimum Gasteiger partial charge on any atom is -0.372 e. The third-order valence-corrected chi connectivity index (χ3v) is 4.12. The van der Waals surface area contributed by atoms with E-state index in [4.69, 9.17) is 0 Å². The number of alkyl halides is 3. The van der Waals surface area contributed by atoms with Crippen molar-refractivity contribution >= 4 is 10.0 Å². The zero-order valence-electron chi connectivity index (χ0n) is 10.4. The number of hydrogen-bond acceptors (Lipinski definition) is 4. The number of nitrogens with one attached hydrogen (secondary N) is 1. The summed E-state index contributed by atoms with van der Waals surface area (Å²) in [6, 6.07) is 0. The average molecular weight is 301 g/mol. The highest BCUT2D eigenvalue weighted by molar-refractivity contribution is 7.90. The molecule has 0 spiro atoms. The van der Waals surface area contributed by atoms with Crippen molar-refractivity contribution in [1.29, 1.82) is 0 Å². The van der Waals surface area contributed by atoms with Gasteiger partial charge in [-0.1, -0.05) is 0 Å². The first-order valence-electron chi connectivity index (χ1n) is 5.25. The van der Waals surface area contributed by atoms with Crippen LogP contribution in [0.5, 0.6) is 0 Å². The molecule has 0 saturated carbocycles. The maximum atomic E-state index is 12.5. The number of nitrogens with zero attached hydrogens (tertiary/aromatic N) is 2. The third kappa shape index (κ3) is 3.67. The van der Waals surface area contributed by atoms with Gasteiger partial charge in [0.15, 0.2) is 6.23 Å². The van der Waals surface area contributed by atoms with E-state index in [0.717, 1.165) is 13.2 Å². The van der Waals surface area contributed by atoms with E-state index in [9.17, 15) is 26.7 Å². The van der Waals surface area contributed by atoms with Gasteiger partial charge in [0.25, 0.3) is 0 Å². The number of aromatic nitrogens is 2. The number of halogens is 3. The molecule has 0 saturated heterocycles. The van der Waals surface area contributed by atoms with Gasteiger partial charge in [0.05, 0.1) is 5.25 Å². The Labute approximate surface area is 108 Å². The Morgan fingerprint density at radius 3 is 2.32 bits per heavy atom. The van der Waals surface area contributed by atoms with Crippen molar-refractivity contribution in [3.63, 3.8) is 0 Å². The van der Waals surface area contributed by atoms with Gasteiger partial charge in [0.1, 0.15) is 5.69 Å². The summed E-state index contributed by atoms with van der Waals surface area (Å²) in [5, 5.41) is 8.75. The lowest BCUT2D eigenvalue weighted by Crippen LogP contribution is -2.34. The molecule has 0 aliphatic carbocycles. The lowest BCUT2D eigenvalue weighted by atomic mass is 10.4. The van der Waals surface area contributed by atoms with Crippen molar-refractivity contribution in [2.75, 3.05) is 0 Å². The van der Waals surface area contributed by atoms with Gasteiger partial charge in [-0.05, 0) is 13.8 Å². The van der Waals surface area contributed by atoms with Crippen LogP contribution < -0.4 is 4.72 Å². The van der Waals surface area contributed by atoms with E-state index in [2.05, 4.69) is 4.98 Å². The van der Waals surface area contributed by atoms with Crippen molar-refractivity contribution in [3.8, 4) is 0 Å². The zero-order chi connectivity index (χ0) is 15.0. The lowest BCUT2D eigenvalue weighted by molar-refractivity contribution is -0.146. The second kappa shape index (κ2) is 5.10. The maximum absolute atomic E-state index is 12.5. The highest BCUT2D eigenvalue weighted by Gasteiger charge is 2.37. The van der Waals surface area contributed by atoms with E-state index < -0.39 is 39.2 Å². The van der Waals surface area contributed by atoms with Gasteiger partial charge in [0, 0.05) is 13.2 Å². The molecule has 0 aromatic carbocycles. The minimum absolute atomic E-state index is 0.418. The van der Waals surface area contributed by atoms with Crippen LogP contribution in [0.25, 0.3) is 0 Å². The Hall–Kier alpha value is -1.13. The van der Waals surface area contributed by atoms with Gasteiger partial charge < -0.3 is 9.67 Å². The average Bonchev–Trinajstić information content (AvgIpc) is 2.58. The van der Waals surface area contributed by atoms with Gasteiger partial charge in [-0.2, -0.15) is 17.9 Å². The second-order valence-corrected chi connectivity index (χ2v) is 6.48. The monoisotopic (exact) mass is 301 g/mol. The van der Waals surface area contributed by atoms with Crippen LogP contribution in [0.3, 0.4) is 0 Å². The van der Waals surface area contributed by atoms with Crippen LogP contribution in [-0.2, 0) is 23.2 Å². The number of imidazole rings is 1. The first-order valence-corrected chi connectivity index (χ1v) is 6.79. The Bertz CT molecular complexity index is 551. The molecule has 110 valence electrons. The Morgan fingerprint density at radius 1 is 1.42 bits per heavy atom. The molecule has 1 atom stereocenters. The predicted octanol–water partition coefficient (Wildman–Crippen LogP) is 0.758. The summed E-state index contributed by atoms with van der Waals surface area (Å²) in [7, 11) is -2.71. The quantitative estimate of drug-likeness (QED) is 0.804. The zero-order valence-corrected chi connectivity index (χ0v) is 11.2. The van der Waals surface area contributed by atoms with Gasteiger partial charge in [-0.3, -0.25) is 0 Å². The first-order chi connectivity index (χ1) is 8.45. The standard InChI is InChI=1S/C9H14F3N3O3S/c1-5(2)19(17,18)14-7(16)6-4-15(3)8(13-6)9(10,11)12/h4-5,7,14,16H,1-3H3. The predicted molar refractivity (Wildman–Crippen MR) is 60.4 cm³/mol. The summed E-state index contributed by atoms with van der Waals surface area (Å²) in [6.45, 7) is 2.74. The molecule has 0 amide bonds. The minimum atomic E-state index is -4.68. The molecule has 2 N–H and O–H groups in total. The fourth-order valence-corrected chi connectivity index (χ4v) is 1.94. The highest BCUT2D eigenvalue weighted by Crippen LogP contribution is 2.28. The van der Waals surface area contributed by atoms with Crippen LogP contribution in [0.4, 0.5) is 13.2 Å². The van der Waals surface area contributed by atoms with E-state index in [1.165, 1.54) is 13.8 Å². The van der Waals surface area contributed by atoms with Crippen molar-refractivity contribution in [2.24, 2.45) is 7.05 Å². The summed E-state index contributed by atoms with van der Waals surface area (Å²) in [5.74, 6) is -1.22. The number of aliphatic hydroxyl groups excluding tert-OH is 1. The van der Waals surface area contributed by atoms with Crippen LogP contribution in [0.15, 0.2) is 6.20 Å². The topological polar surface area (TPSA) is 84.2 Å². The van der Waals surface area contributed by atoms with Crippen LogP contribution in [0, 0.1) is 0 Å². The lowest BCUT2D eigenvalue weighted by Gasteiger charge is -2.13. The van der Waals surface area contributed by atoms with Crippen LogP contribution >= 0.6 is 0 Å². The molecule has 10 heteroatoms. The van der Waals surface area contributed by atoms with Gasteiger partial charge in [-0.25, -0.2) is 13.4 Å². The Morgan fingerprint density at radius 2 is 1.95 bits per heavy atom. The summed E-state index contributed by atoms with van der Waals surface area (Å²) in [5.41, 5.74) is -0.418. The molecule has 0 bridgehead atoms. The van der Waals surface area contributed by atoms with E-state index in [0.29, 0.717) is 4.57 Å². The van der Waals surface area contributed by atoms with E-state index in [-0.39, 0.29) is 0 Å². The van der Waals surface area contributed by atoms with Crippen molar-refractivity contribution in [1.82, 2.24) is 14.3 Å². The van der Waals surface area contributed by atoms with Crippen LogP contribution in [0.2, 0.25) is 0 Å². The van der Waals surface area contributed by atoms with Gasteiger partial charge >= 0.3 is 6.18 Å². The smallest absolute Gasteiger partial charge is 0.372 e. The molecule has 19 heavy (non-hydrogen) atoms. The van der Waals surface area contributed by atoms with Gasteiger partial charge in [0.2, 0.25) is 15.8 Å². The maximum Gasteiger partial charge on any atom is 0.449 e. The van der Waals surface area contributed by atoms with Crippen LogP contribution in [0.1, 0.15) is 31.6 Å². The summed E-state index contributed by atoms with van der Waals surface area (Å²) in [6.07, 6.45) is -5.59. The third-order valence-electron chi connectivity index (χ3n) is 2.33. The van der Waals surface area contributed by atoms with E-state index in [1.807, 2.05) is 4.72 Å². The normalized spacial score (nSPS) is 14.9. The molecule has 0 aliphatic rings. The summed E-state index contributed by atoms with van der Waals surface area (Å²) >= 11 is 0. The second-order valence-electron chi connectivity index (χ2n) is 4.21. The number of sulfonamides is 1. The number of rotatable bonds is 4. The summed E-state index contributed by atoms with van der Waals surface area (Å²) < 4.78 is 62.9.